The van der Waals surface area contributed by atoms with Crippen molar-refractivity contribution in [1.29, 1.82) is 0 Å². The minimum Gasteiger partial charge on any atom is -0.464 e. The molecule has 112 valence electrons. The number of likely N-dealkylation sites (tertiary alicyclic amines) is 1. The summed E-state index contributed by atoms with van der Waals surface area (Å²) >= 11 is 0. The first-order valence-corrected chi connectivity index (χ1v) is 7.44. The van der Waals surface area contributed by atoms with Gasteiger partial charge in [-0.25, -0.2) is 0 Å². The largest absolute Gasteiger partial charge is 0.464 e. The van der Waals surface area contributed by atoms with Gasteiger partial charge in [0, 0.05) is 13.0 Å². The molecule has 0 saturated carbocycles. The fourth-order valence-corrected chi connectivity index (χ4v) is 2.87. The normalized spacial score (nSPS) is 22.5. The Hall–Kier alpha value is -2.11. The van der Waals surface area contributed by atoms with E-state index in [2.05, 4.69) is 29.3 Å². The van der Waals surface area contributed by atoms with Crippen molar-refractivity contribution in [2.24, 2.45) is 5.92 Å². The number of hydrogen-bond donors (Lipinski definition) is 1. The molecule has 1 fully saturated rings. The summed E-state index contributed by atoms with van der Waals surface area (Å²) in [6, 6.07) is 3.97. The number of nitrogens with one attached hydrogen (secondary N) is 1. The molecule has 1 aliphatic heterocycles. The zero-order valence-corrected chi connectivity index (χ0v) is 12.4. The summed E-state index contributed by atoms with van der Waals surface area (Å²) in [6.45, 7) is 5.00. The van der Waals surface area contributed by atoms with Gasteiger partial charge in [-0.15, -0.1) is 0 Å². The smallest absolute Gasteiger partial charge is 0.276 e. The molecule has 0 aromatic carbocycles. The van der Waals surface area contributed by atoms with Gasteiger partial charge in [-0.2, -0.15) is 15.4 Å². The first-order chi connectivity index (χ1) is 10.2. The minimum absolute atomic E-state index is 0.0155. The fourth-order valence-electron chi connectivity index (χ4n) is 2.87. The highest BCUT2D eigenvalue weighted by Crippen LogP contribution is 2.35. The molecular weight excluding hydrogens is 268 g/mol. The summed E-state index contributed by atoms with van der Waals surface area (Å²) in [5.41, 5.74) is 0.358. The second-order valence-electron chi connectivity index (χ2n) is 5.66. The number of carbonyl (C=O) groups excluding carboxylic acids is 1. The third-order valence-corrected chi connectivity index (χ3v) is 4.12. The maximum atomic E-state index is 12.6. The summed E-state index contributed by atoms with van der Waals surface area (Å²) in [5, 5.41) is 10.1. The third kappa shape index (κ3) is 2.70. The van der Waals surface area contributed by atoms with E-state index in [1.54, 1.807) is 0 Å². The molecule has 2 atom stereocenters. The number of aryl methyl sites for hydroxylation is 1. The molecule has 2 aromatic heterocycles. The average molecular weight is 288 g/mol. The van der Waals surface area contributed by atoms with Gasteiger partial charge in [-0.1, -0.05) is 13.8 Å². The Balaban J connectivity index is 1.87. The molecule has 3 heterocycles. The number of nitrogens with zero attached hydrogens (tertiary/aromatic N) is 3. The number of carbonyl (C=O) groups is 1. The molecule has 1 saturated heterocycles. The molecule has 0 radical (unpaired) electrons. The van der Waals surface area contributed by atoms with Crippen molar-refractivity contribution in [3.8, 4) is 0 Å². The van der Waals surface area contributed by atoms with Gasteiger partial charge < -0.3 is 9.32 Å². The molecule has 1 N–H and O–H groups in total. The number of aromatic nitrogens is 3. The van der Waals surface area contributed by atoms with Crippen LogP contribution in [0.5, 0.6) is 0 Å². The minimum atomic E-state index is -0.0879. The topological polar surface area (TPSA) is 75.0 Å². The van der Waals surface area contributed by atoms with Crippen molar-refractivity contribution in [2.75, 3.05) is 6.54 Å². The van der Waals surface area contributed by atoms with Crippen LogP contribution in [0.15, 0.2) is 22.7 Å². The highest BCUT2D eigenvalue weighted by atomic mass is 16.3. The highest BCUT2D eigenvalue weighted by Gasteiger charge is 2.34. The van der Waals surface area contributed by atoms with E-state index < -0.39 is 0 Å². The lowest BCUT2D eigenvalue weighted by atomic mass is 9.91. The summed E-state index contributed by atoms with van der Waals surface area (Å²) in [5.74, 6) is 2.31. The Bertz CT molecular complexity index is 605. The van der Waals surface area contributed by atoms with Gasteiger partial charge in [0.25, 0.3) is 5.91 Å². The molecule has 0 bridgehead atoms. The van der Waals surface area contributed by atoms with Crippen LogP contribution in [0.1, 0.15) is 54.7 Å². The Kier molecular flexibility index (Phi) is 3.77. The summed E-state index contributed by atoms with van der Waals surface area (Å²) in [7, 11) is 0. The quantitative estimate of drug-likeness (QED) is 0.942. The van der Waals surface area contributed by atoms with E-state index in [1.165, 1.54) is 6.20 Å². The van der Waals surface area contributed by atoms with Gasteiger partial charge in [-0.05, 0) is 30.9 Å². The van der Waals surface area contributed by atoms with Crippen molar-refractivity contribution >= 4 is 5.91 Å². The van der Waals surface area contributed by atoms with Crippen LogP contribution in [0.2, 0.25) is 0 Å². The van der Waals surface area contributed by atoms with Gasteiger partial charge in [0.2, 0.25) is 0 Å². The zero-order valence-electron chi connectivity index (χ0n) is 12.4. The van der Waals surface area contributed by atoms with E-state index in [0.717, 1.165) is 37.3 Å². The molecule has 21 heavy (non-hydrogen) atoms. The number of amides is 1. The van der Waals surface area contributed by atoms with Crippen LogP contribution in [0.25, 0.3) is 0 Å². The van der Waals surface area contributed by atoms with Crippen LogP contribution < -0.4 is 0 Å². The molecule has 0 unspecified atom stereocenters. The first kappa shape index (κ1) is 13.9. The number of aromatic amines is 1. The maximum Gasteiger partial charge on any atom is 0.276 e. The maximum absolute atomic E-state index is 12.6. The lowest BCUT2D eigenvalue weighted by Crippen LogP contribution is -2.40. The van der Waals surface area contributed by atoms with Crippen LogP contribution in [-0.2, 0) is 6.42 Å². The van der Waals surface area contributed by atoms with Crippen molar-refractivity contribution in [3.05, 3.63) is 35.5 Å². The summed E-state index contributed by atoms with van der Waals surface area (Å²) < 4.78 is 5.88. The Morgan fingerprint density at radius 3 is 3.05 bits per heavy atom. The Morgan fingerprint density at radius 1 is 1.52 bits per heavy atom. The van der Waals surface area contributed by atoms with E-state index in [9.17, 15) is 4.79 Å². The van der Waals surface area contributed by atoms with Gasteiger partial charge in [-0.3, -0.25) is 4.79 Å². The molecule has 3 rings (SSSR count). The van der Waals surface area contributed by atoms with Crippen molar-refractivity contribution in [3.63, 3.8) is 0 Å². The van der Waals surface area contributed by atoms with Crippen molar-refractivity contribution in [1.82, 2.24) is 20.3 Å². The summed E-state index contributed by atoms with van der Waals surface area (Å²) in [6.07, 6.45) is 4.25. The highest BCUT2D eigenvalue weighted by molar-refractivity contribution is 5.92. The average Bonchev–Trinajstić information content (AvgIpc) is 3.18. The van der Waals surface area contributed by atoms with E-state index in [1.807, 2.05) is 17.0 Å². The van der Waals surface area contributed by atoms with Gasteiger partial charge in [0.15, 0.2) is 5.69 Å². The molecule has 1 amide bonds. The van der Waals surface area contributed by atoms with Gasteiger partial charge >= 0.3 is 0 Å². The van der Waals surface area contributed by atoms with Crippen LogP contribution in [0.4, 0.5) is 0 Å². The van der Waals surface area contributed by atoms with E-state index >= 15 is 0 Å². The van der Waals surface area contributed by atoms with E-state index in [4.69, 9.17) is 4.42 Å². The van der Waals surface area contributed by atoms with E-state index in [0.29, 0.717) is 11.6 Å². The lowest BCUT2D eigenvalue weighted by Gasteiger charge is -2.37. The monoisotopic (exact) mass is 288 g/mol. The van der Waals surface area contributed by atoms with Crippen molar-refractivity contribution in [2.45, 2.75) is 39.2 Å². The standard InChI is InChI=1S/C15H20N4O2/c1-3-11-4-5-14(21-11)13-8-10(2)6-7-19(13)15(20)12-9-16-18-17-12/h4-5,9-10,13H,3,6-8H2,1-2H3,(H,16,17,18)/t10-,13-/m0/s1. The number of piperidine rings is 1. The second-order valence-corrected chi connectivity index (χ2v) is 5.66. The second kappa shape index (κ2) is 5.71. The predicted octanol–water partition coefficient (Wildman–Crippen LogP) is 2.57. The van der Waals surface area contributed by atoms with Crippen LogP contribution in [0, 0.1) is 5.92 Å². The number of furan rings is 1. The number of H-pyrrole nitrogens is 1. The summed E-state index contributed by atoms with van der Waals surface area (Å²) in [4.78, 5) is 14.4. The lowest BCUT2D eigenvalue weighted by molar-refractivity contribution is 0.0513. The van der Waals surface area contributed by atoms with E-state index in [-0.39, 0.29) is 11.9 Å². The number of hydrogen-bond acceptors (Lipinski definition) is 4. The molecule has 1 aliphatic rings. The molecule has 2 aromatic rings. The molecule has 6 heteroatoms. The van der Waals surface area contributed by atoms with Gasteiger partial charge in [0.05, 0.1) is 12.2 Å². The van der Waals surface area contributed by atoms with Crippen molar-refractivity contribution < 1.29 is 9.21 Å². The zero-order chi connectivity index (χ0) is 14.8. The first-order valence-electron chi connectivity index (χ1n) is 7.44. The molecule has 0 spiro atoms. The molecular formula is C15H20N4O2. The fraction of sp³-hybridized carbons (Fsp3) is 0.533. The van der Waals surface area contributed by atoms with Gasteiger partial charge in [0.1, 0.15) is 11.5 Å². The Morgan fingerprint density at radius 2 is 2.38 bits per heavy atom. The Labute approximate surface area is 123 Å². The molecule has 6 nitrogen and oxygen atoms in total. The third-order valence-electron chi connectivity index (χ3n) is 4.12. The van der Waals surface area contributed by atoms with Crippen LogP contribution >= 0.6 is 0 Å². The van der Waals surface area contributed by atoms with Crippen LogP contribution in [0.3, 0.4) is 0 Å². The predicted molar refractivity (Wildman–Crippen MR) is 76.6 cm³/mol. The SMILES string of the molecule is CCc1ccc([C@@H]2C[C@@H](C)CCN2C(=O)c2cn[nH]n2)o1. The number of rotatable bonds is 3. The molecule has 0 aliphatic carbocycles. The van der Waals surface area contributed by atoms with Crippen LogP contribution in [-0.4, -0.2) is 32.8 Å².